The van der Waals surface area contributed by atoms with E-state index in [-0.39, 0.29) is 5.57 Å². The van der Waals surface area contributed by atoms with E-state index in [1.165, 1.54) is 0 Å². The number of carbonyl (C=O) groups excluding carboxylic acids is 1. The van der Waals surface area contributed by atoms with Crippen LogP contribution in [-0.2, 0) is 4.79 Å². The Labute approximate surface area is 53.8 Å². The maximum Gasteiger partial charge on any atom is 0.259 e. The molecule has 3 nitrogen and oxygen atoms in total. The van der Waals surface area contributed by atoms with Crippen LogP contribution in [-0.4, -0.2) is 5.91 Å². The van der Waals surface area contributed by atoms with E-state index in [1.54, 1.807) is 19.9 Å². The quantitative estimate of drug-likeness (QED) is 0.404. The number of primary amides is 1. The van der Waals surface area contributed by atoms with E-state index >= 15 is 0 Å². The molecule has 0 aliphatic carbocycles. The zero-order chi connectivity index (χ0) is 7.44. The maximum atomic E-state index is 10.3. The molecule has 9 heavy (non-hydrogen) atoms. The highest BCUT2D eigenvalue weighted by atomic mass is 16.1. The van der Waals surface area contributed by atoms with Gasteiger partial charge < -0.3 is 5.73 Å². The first kappa shape index (κ1) is 7.70. The van der Waals surface area contributed by atoms with E-state index in [9.17, 15) is 4.79 Å². The smallest absolute Gasteiger partial charge is 0.259 e. The third kappa shape index (κ3) is 1.96. The van der Waals surface area contributed by atoms with Crippen molar-refractivity contribution >= 4 is 5.91 Å². The molecule has 0 heterocycles. The van der Waals surface area contributed by atoms with Gasteiger partial charge in [-0.3, -0.25) is 4.79 Å². The van der Waals surface area contributed by atoms with Gasteiger partial charge in [0.05, 0.1) is 0 Å². The van der Waals surface area contributed by atoms with Crippen LogP contribution >= 0.6 is 0 Å². The molecule has 0 spiro atoms. The highest BCUT2D eigenvalue weighted by Gasteiger charge is 2.03. The standard InChI is InChI=1S/C6H8N2O/c1-4(2)5(3-7)6(8)9/h1-2H3,(H2,8,9). The monoisotopic (exact) mass is 124 g/mol. The molecule has 0 rings (SSSR count). The van der Waals surface area contributed by atoms with Crippen molar-refractivity contribution in [2.24, 2.45) is 5.73 Å². The molecular formula is C6H8N2O. The van der Waals surface area contributed by atoms with Crippen LogP contribution < -0.4 is 5.73 Å². The predicted molar refractivity (Wildman–Crippen MR) is 33.2 cm³/mol. The summed E-state index contributed by atoms with van der Waals surface area (Å²) < 4.78 is 0. The molecule has 1 amide bonds. The summed E-state index contributed by atoms with van der Waals surface area (Å²) in [7, 11) is 0. The first-order chi connectivity index (χ1) is 4.09. The largest absolute Gasteiger partial charge is 0.365 e. The number of nitrogens with two attached hydrogens (primary N) is 1. The third-order valence-electron chi connectivity index (χ3n) is 0.858. The minimum Gasteiger partial charge on any atom is -0.365 e. The molecule has 0 atom stereocenters. The fourth-order valence-electron chi connectivity index (χ4n) is 0.413. The van der Waals surface area contributed by atoms with Gasteiger partial charge in [-0.25, -0.2) is 0 Å². The third-order valence-corrected chi connectivity index (χ3v) is 0.858. The zero-order valence-electron chi connectivity index (χ0n) is 5.43. The van der Waals surface area contributed by atoms with E-state index in [0.717, 1.165) is 0 Å². The molecular weight excluding hydrogens is 116 g/mol. The van der Waals surface area contributed by atoms with Crippen LogP contribution in [0.5, 0.6) is 0 Å². The van der Waals surface area contributed by atoms with Crippen molar-refractivity contribution in [3.05, 3.63) is 11.1 Å². The first-order valence-electron chi connectivity index (χ1n) is 2.47. The lowest BCUT2D eigenvalue weighted by Gasteiger charge is -1.90. The Balaban J connectivity index is 4.62. The molecule has 0 aliphatic rings. The van der Waals surface area contributed by atoms with Crippen LogP contribution in [0.2, 0.25) is 0 Å². The Kier molecular flexibility index (Phi) is 2.46. The van der Waals surface area contributed by atoms with Gasteiger partial charge in [-0.1, -0.05) is 5.57 Å². The van der Waals surface area contributed by atoms with Crippen LogP contribution in [0.1, 0.15) is 13.8 Å². The molecule has 48 valence electrons. The average Bonchev–Trinajstić information content (AvgIpc) is 1.64. The number of allylic oxidation sites excluding steroid dienone is 1. The number of amides is 1. The lowest BCUT2D eigenvalue weighted by atomic mass is 10.2. The van der Waals surface area contributed by atoms with E-state index in [1.807, 2.05) is 0 Å². The van der Waals surface area contributed by atoms with Crippen LogP contribution in [0.15, 0.2) is 11.1 Å². The van der Waals surface area contributed by atoms with Crippen molar-refractivity contribution in [1.29, 1.82) is 5.26 Å². The second-order valence-corrected chi connectivity index (χ2v) is 1.85. The molecule has 0 aromatic rings. The Morgan fingerprint density at radius 1 is 1.56 bits per heavy atom. The minimum atomic E-state index is -0.655. The van der Waals surface area contributed by atoms with E-state index in [2.05, 4.69) is 0 Å². The Morgan fingerprint density at radius 2 is 2.00 bits per heavy atom. The first-order valence-corrected chi connectivity index (χ1v) is 2.47. The van der Waals surface area contributed by atoms with Gasteiger partial charge in [0.2, 0.25) is 0 Å². The van der Waals surface area contributed by atoms with Crippen molar-refractivity contribution in [1.82, 2.24) is 0 Å². The predicted octanol–water partition coefficient (Wildman–Crippen LogP) is 0.332. The SMILES string of the molecule is CC(C)=C(C#N)C(N)=O. The summed E-state index contributed by atoms with van der Waals surface area (Å²) in [5.41, 5.74) is 5.54. The molecule has 3 heteroatoms. The van der Waals surface area contributed by atoms with Crippen LogP contribution in [0.3, 0.4) is 0 Å². The highest BCUT2D eigenvalue weighted by molar-refractivity contribution is 5.96. The summed E-state index contributed by atoms with van der Waals surface area (Å²) in [6, 6.07) is 1.71. The van der Waals surface area contributed by atoms with E-state index in [4.69, 9.17) is 11.0 Å². The Morgan fingerprint density at radius 3 is 2.00 bits per heavy atom. The van der Waals surface area contributed by atoms with Gasteiger partial charge >= 0.3 is 0 Å². The van der Waals surface area contributed by atoms with Crippen molar-refractivity contribution in [2.75, 3.05) is 0 Å². The number of hydrogen-bond acceptors (Lipinski definition) is 2. The number of carbonyl (C=O) groups is 1. The highest BCUT2D eigenvalue weighted by Crippen LogP contribution is 1.98. The molecule has 0 saturated carbocycles. The number of rotatable bonds is 1. The van der Waals surface area contributed by atoms with Crippen molar-refractivity contribution in [2.45, 2.75) is 13.8 Å². The summed E-state index contributed by atoms with van der Waals surface area (Å²) in [5, 5.41) is 8.26. The maximum absolute atomic E-state index is 10.3. The normalized spacial score (nSPS) is 7.67. The van der Waals surface area contributed by atoms with Gasteiger partial charge in [0.15, 0.2) is 0 Å². The van der Waals surface area contributed by atoms with Crippen LogP contribution in [0.4, 0.5) is 0 Å². The molecule has 0 saturated heterocycles. The summed E-state index contributed by atoms with van der Waals surface area (Å²) >= 11 is 0. The lowest BCUT2D eigenvalue weighted by Crippen LogP contribution is -2.13. The van der Waals surface area contributed by atoms with Gasteiger partial charge in [0.25, 0.3) is 5.91 Å². The second kappa shape index (κ2) is 2.88. The van der Waals surface area contributed by atoms with Crippen molar-refractivity contribution < 1.29 is 4.79 Å². The molecule has 0 aliphatic heterocycles. The van der Waals surface area contributed by atoms with Gasteiger partial charge in [-0.15, -0.1) is 0 Å². The molecule has 0 bridgehead atoms. The van der Waals surface area contributed by atoms with Gasteiger partial charge in [-0.2, -0.15) is 5.26 Å². The fraction of sp³-hybridized carbons (Fsp3) is 0.333. The summed E-state index contributed by atoms with van der Waals surface area (Å²) in [5.74, 6) is -0.655. The molecule has 0 unspecified atom stereocenters. The molecule has 2 N–H and O–H groups in total. The van der Waals surface area contributed by atoms with Crippen molar-refractivity contribution in [3.8, 4) is 6.07 Å². The van der Waals surface area contributed by atoms with Gasteiger partial charge in [-0.05, 0) is 13.8 Å². The second-order valence-electron chi connectivity index (χ2n) is 1.85. The molecule has 0 aromatic heterocycles. The fourth-order valence-corrected chi connectivity index (χ4v) is 0.413. The Bertz CT molecular complexity index is 194. The van der Waals surface area contributed by atoms with Crippen molar-refractivity contribution in [3.63, 3.8) is 0 Å². The summed E-state index contributed by atoms with van der Waals surface area (Å²) in [6.07, 6.45) is 0. The van der Waals surface area contributed by atoms with Gasteiger partial charge in [0.1, 0.15) is 11.6 Å². The Hall–Kier alpha value is -1.30. The van der Waals surface area contributed by atoms with Crippen LogP contribution in [0.25, 0.3) is 0 Å². The number of nitrogens with zero attached hydrogens (tertiary/aromatic N) is 1. The van der Waals surface area contributed by atoms with Gasteiger partial charge in [0, 0.05) is 0 Å². The summed E-state index contributed by atoms with van der Waals surface area (Å²) in [4.78, 5) is 10.3. The number of hydrogen-bond donors (Lipinski definition) is 1. The average molecular weight is 124 g/mol. The minimum absolute atomic E-state index is 0.0509. The zero-order valence-corrected chi connectivity index (χ0v) is 5.43. The van der Waals surface area contributed by atoms with E-state index < -0.39 is 5.91 Å². The number of nitriles is 1. The van der Waals surface area contributed by atoms with E-state index in [0.29, 0.717) is 5.57 Å². The lowest BCUT2D eigenvalue weighted by molar-refractivity contribution is -0.114. The molecule has 0 aromatic carbocycles. The van der Waals surface area contributed by atoms with Crippen LogP contribution in [0, 0.1) is 11.3 Å². The summed E-state index contributed by atoms with van der Waals surface area (Å²) in [6.45, 7) is 3.34. The topological polar surface area (TPSA) is 66.9 Å². The molecule has 0 fully saturated rings. The molecule has 0 radical (unpaired) electrons.